The van der Waals surface area contributed by atoms with Crippen molar-refractivity contribution < 1.29 is 19.1 Å². The fourth-order valence-corrected chi connectivity index (χ4v) is 5.22. The molecule has 1 aromatic heterocycles. The second-order valence-electron chi connectivity index (χ2n) is 7.98. The Morgan fingerprint density at radius 2 is 1.71 bits per heavy atom. The summed E-state index contributed by atoms with van der Waals surface area (Å²) >= 11 is 13.5. The van der Waals surface area contributed by atoms with Crippen LogP contribution in [0.25, 0.3) is 11.1 Å². The molecule has 0 atom stereocenters. The van der Waals surface area contributed by atoms with Gasteiger partial charge in [0.1, 0.15) is 16.3 Å². The lowest BCUT2D eigenvalue weighted by molar-refractivity contribution is -0.117. The molecule has 184 valence electrons. The minimum atomic E-state index is -0.498. The van der Waals surface area contributed by atoms with Crippen LogP contribution >= 0.6 is 34.5 Å². The SMILES string of the molecule is COC(=O)c1c(-c2ccc(OC)cc2)csc1NC(=O)CN1CCN(c2ccc(Cl)c(Cl)c2)CC1. The molecule has 1 amide bonds. The number of esters is 1. The van der Waals surface area contributed by atoms with Crippen LogP contribution in [0.4, 0.5) is 10.7 Å². The Labute approximate surface area is 218 Å². The molecular formula is C25H25Cl2N3O4S. The summed E-state index contributed by atoms with van der Waals surface area (Å²) in [4.78, 5) is 29.7. The number of piperazine rings is 1. The zero-order chi connectivity index (χ0) is 24.9. The standard InChI is InChI=1S/C25H25Cl2N3O4S/c1-33-18-6-3-16(4-7-18)19-15-35-24(23(19)25(32)34-2)28-22(31)14-29-9-11-30(12-10-29)17-5-8-20(26)21(27)13-17/h3-8,13,15H,9-12,14H2,1-2H3,(H,28,31). The highest BCUT2D eigenvalue weighted by Crippen LogP contribution is 2.37. The Morgan fingerprint density at radius 1 is 1.00 bits per heavy atom. The van der Waals surface area contributed by atoms with Crippen LogP contribution in [0.2, 0.25) is 10.0 Å². The number of amides is 1. The molecule has 0 spiro atoms. The Bertz CT molecular complexity index is 1210. The molecule has 1 aliphatic heterocycles. The lowest BCUT2D eigenvalue weighted by atomic mass is 10.0. The van der Waals surface area contributed by atoms with E-state index in [1.165, 1.54) is 18.4 Å². The van der Waals surface area contributed by atoms with Gasteiger partial charge in [-0.15, -0.1) is 11.3 Å². The van der Waals surface area contributed by atoms with E-state index in [1.54, 1.807) is 13.2 Å². The van der Waals surface area contributed by atoms with Crippen LogP contribution in [-0.4, -0.2) is 63.7 Å². The van der Waals surface area contributed by atoms with Gasteiger partial charge in [-0.1, -0.05) is 35.3 Å². The number of benzene rings is 2. The van der Waals surface area contributed by atoms with Gasteiger partial charge in [-0.25, -0.2) is 4.79 Å². The molecule has 1 saturated heterocycles. The topological polar surface area (TPSA) is 71.1 Å². The molecule has 10 heteroatoms. The third-order valence-corrected chi connectivity index (χ3v) is 7.48. The van der Waals surface area contributed by atoms with Crippen molar-refractivity contribution in [2.45, 2.75) is 0 Å². The van der Waals surface area contributed by atoms with Crippen molar-refractivity contribution in [2.75, 3.05) is 57.2 Å². The average molecular weight is 534 g/mol. The number of carbonyl (C=O) groups excluding carboxylic acids is 2. The molecule has 0 saturated carbocycles. The Kier molecular flexibility index (Phi) is 8.18. The van der Waals surface area contributed by atoms with Gasteiger partial charge in [-0.3, -0.25) is 9.69 Å². The summed E-state index contributed by atoms with van der Waals surface area (Å²) in [6, 6.07) is 13.0. The normalized spacial score (nSPS) is 14.0. The number of halogens is 2. The Hall–Kier alpha value is -2.78. The Morgan fingerprint density at radius 3 is 2.34 bits per heavy atom. The summed E-state index contributed by atoms with van der Waals surface area (Å²) in [5.74, 6) is 0.0419. The van der Waals surface area contributed by atoms with Gasteiger partial charge in [0.05, 0.1) is 30.8 Å². The first-order valence-corrected chi connectivity index (χ1v) is 12.6. The number of ether oxygens (including phenoxy) is 2. The number of rotatable bonds is 7. The number of carbonyl (C=O) groups is 2. The smallest absolute Gasteiger partial charge is 0.341 e. The molecule has 4 rings (SSSR count). The van der Waals surface area contributed by atoms with Gasteiger partial charge >= 0.3 is 5.97 Å². The summed E-state index contributed by atoms with van der Waals surface area (Å²) in [7, 11) is 2.93. The lowest BCUT2D eigenvalue weighted by Gasteiger charge is -2.35. The van der Waals surface area contributed by atoms with Crippen LogP contribution < -0.4 is 15.0 Å². The van der Waals surface area contributed by atoms with E-state index in [2.05, 4.69) is 15.1 Å². The molecule has 1 fully saturated rings. The number of thiophene rings is 1. The van der Waals surface area contributed by atoms with Crippen LogP contribution in [0.1, 0.15) is 10.4 Å². The average Bonchev–Trinajstić information content (AvgIpc) is 3.29. The largest absolute Gasteiger partial charge is 0.497 e. The van der Waals surface area contributed by atoms with Gasteiger partial charge in [0.25, 0.3) is 0 Å². The predicted molar refractivity (Wildman–Crippen MR) is 141 cm³/mol. The zero-order valence-corrected chi connectivity index (χ0v) is 21.7. The highest BCUT2D eigenvalue weighted by Gasteiger charge is 2.24. The van der Waals surface area contributed by atoms with Gasteiger partial charge < -0.3 is 19.7 Å². The number of nitrogens with one attached hydrogen (secondary N) is 1. The number of nitrogens with zero attached hydrogens (tertiary/aromatic N) is 2. The maximum Gasteiger partial charge on any atom is 0.341 e. The molecule has 0 aliphatic carbocycles. The molecule has 1 N–H and O–H groups in total. The summed E-state index contributed by atoms with van der Waals surface area (Å²) < 4.78 is 10.2. The van der Waals surface area contributed by atoms with Crippen molar-refractivity contribution in [1.29, 1.82) is 0 Å². The van der Waals surface area contributed by atoms with E-state index in [1.807, 2.05) is 41.8 Å². The highest BCUT2D eigenvalue weighted by atomic mass is 35.5. The first kappa shape index (κ1) is 25.3. The van der Waals surface area contributed by atoms with E-state index in [0.29, 0.717) is 26.2 Å². The quantitative estimate of drug-likeness (QED) is 0.416. The molecule has 0 bridgehead atoms. The summed E-state index contributed by atoms with van der Waals surface area (Å²) in [5, 5.41) is 6.28. The summed E-state index contributed by atoms with van der Waals surface area (Å²) in [6.45, 7) is 3.20. The summed E-state index contributed by atoms with van der Waals surface area (Å²) in [6.07, 6.45) is 0. The molecule has 3 aromatic rings. The van der Waals surface area contributed by atoms with E-state index in [4.69, 9.17) is 32.7 Å². The van der Waals surface area contributed by atoms with Crippen LogP contribution in [0.5, 0.6) is 5.75 Å². The van der Waals surface area contributed by atoms with Crippen LogP contribution in [-0.2, 0) is 9.53 Å². The highest BCUT2D eigenvalue weighted by molar-refractivity contribution is 7.15. The number of methoxy groups -OCH3 is 2. The molecule has 35 heavy (non-hydrogen) atoms. The molecule has 0 radical (unpaired) electrons. The van der Waals surface area contributed by atoms with Crippen molar-refractivity contribution in [2.24, 2.45) is 0 Å². The van der Waals surface area contributed by atoms with E-state index in [0.717, 1.165) is 43.2 Å². The fourth-order valence-electron chi connectivity index (χ4n) is 3.95. The predicted octanol–water partition coefficient (Wildman–Crippen LogP) is 5.28. The lowest BCUT2D eigenvalue weighted by Crippen LogP contribution is -2.48. The monoisotopic (exact) mass is 533 g/mol. The van der Waals surface area contributed by atoms with Crippen LogP contribution in [0.15, 0.2) is 47.8 Å². The Balaban J connectivity index is 1.40. The van der Waals surface area contributed by atoms with Crippen molar-refractivity contribution in [3.63, 3.8) is 0 Å². The van der Waals surface area contributed by atoms with E-state index in [9.17, 15) is 9.59 Å². The maximum atomic E-state index is 12.8. The van der Waals surface area contributed by atoms with E-state index >= 15 is 0 Å². The van der Waals surface area contributed by atoms with Gasteiger partial charge in [0, 0.05) is 42.8 Å². The van der Waals surface area contributed by atoms with E-state index < -0.39 is 5.97 Å². The molecule has 2 heterocycles. The van der Waals surface area contributed by atoms with Crippen LogP contribution in [0.3, 0.4) is 0 Å². The van der Waals surface area contributed by atoms with Gasteiger partial charge in [0.15, 0.2) is 0 Å². The number of anilines is 2. The van der Waals surface area contributed by atoms with Crippen molar-refractivity contribution in [3.05, 3.63) is 63.5 Å². The fraction of sp³-hybridized carbons (Fsp3) is 0.280. The third-order valence-electron chi connectivity index (χ3n) is 5.84. The number of hydrogen-bond acceptors (Lipinski definition) is 7. The van der Waals surface area contributed by atoms with Gasteiger partial charge in [-0.05, 0) is 35.9 Å². The molecule has 1 aliphatic rings. The molecule has 2 aromatic carbocycles. The first-order chi connectivity index (χ1) is 16.9. The second-order valence-corrected chi connectivity index (χ2v) is 9.68. The molecular weight excluding hydrogens is 509 g/mol. The van der Waals surface area contributed by atoms with Crippen molar-refractivity contribution in [3.8, 4) is 16.9 Å². The van der Waals surface area contributed by atoms with Crippen LogP contribution in [0, 0.1) is 0 Å². The molecule has 7 nitrogen and oxygen atoms in total. The maximum absolute atomic E-state index is 12.8. The number of hydrogen-bond donors (Lipinski definition) is 1. The van der Waals surface area contributed by atoms with Crippen molar-refractivity contribution in [1.82, 2.24) is 4.90 Å². The first-order valence-electron chi connectivity index (χ1n) is 11.0. The third kappa shape index (κ3) is 5.90. The van der Waals surface area contributed by atoms with Crippen molar-refractivity contribution >= 4 is 57.1 Å². The minimum absolute atomic E-state index is 0.179. The van der Waals surface area contributed by atoms with Gasteiger partial charge in [-0.2, -0.15) is 0 Å². The second kappa shape index (κ2) is 11.3. The minimum Gasteiger partial charge on any atom is -0.497 e. The molecule has 0 unspecified atom stereocenters. The summed E-state index contributed by atoms with van der Waals surface area (Å²) in [5.41, 5.74) is 2.90. The van der Waals surface area contributed by atoms with Gasteiger partial charge in [0.2, 0.25) is 5.91 Å². The zero-order valence-electron chi connectivity index (χ0n) is 19.3. The van der Waals surface area contributed by atoms with E-state index in [-0.39, 0.29) is 12.5 Å².